The third-order valence-corrected chi connectivity index (χ3v) is 6.81. The minimum Gasteiger partial charge on any atom is -0.478 e. The molecule has 3 aromatic rings. The van der Waals surface area contributed by atoms with Gasteiger partial charge in [0, 0.05) is 39.8 Å². The van der Waals surface area contributed by atoms with E-state index in [2.05, 4.69) is 24.1 Å². The molecule has 1 heterocycles. The van der Waals surface area contributed by atoms with Crippen LogP contribution < -0.4 is 5.32 Å². The van der Waals surface area contributed by atoms with Gasteiger partial charge in [-0.25, -0.2) is 22.9 Å². The van der Waals surface area contributed by atoms with E-state index in [1.807, 2.05) is 0 Å². The van der Waals surface area contributed by atoms with Crippen molar-refractivity contribution in [3.05, 3.63) is 75.4 Å². The quantitative estimate of drug-likeness (QED) is 0.163. The van der Waals surface area contributed by atoms with Crippen LogP contribution in [0.15, 0.2) is 41.3 Å². The maximum Gasteiger partial charge on any atom is 0.331 e. The van der Waals surface area contributed by atoms with Gasteiger partial charge in [0.2, 0.25) is 0 Å². The number of anilines is 1. The highest BCUT2D eigenvalue weighted by Gasteiger charge is 2.21. The molecular weight excluding hydrogens is 529 g/mol. The van der Waals surface area contributed by atoms with E-state index in [1.54, 1.807) is 23.6 Å². The van der Waals surface area contributed by atoms with Gasteiger partial charge in [0.1, 0.15) is 17.5 Å². The fraction of sp³-hybridized carbons (Fsp3) is 0.345. The monoisotopic (exact) mass is 560 g/mol. The van der Waals surface area contributed by atoms with Crippen LogP contribution in [0.4, 0.5) is 18.3 Å². The molecule has 10 heteroatoms. The largest absolute Gasteiger partial charge is 0.478 e. The van der Waals surface area contributed by atoms with E-state index < -0.39 is 34.9 Å². The maximum atomic E-state index is 15.6. The molecule has 1 atom stereocenters. The summed E-state index contributed by atoms with van der Waals surface area (Å²) >= 11 is 1.04. The van der Waals surface area contributed by atoms with Crippen molar-refractivity contribution in [3.8, 4) is 11.3 Å². The van der Waals surface area contributed by atoms with Gasteiger partial charge in [0.25, 0.3) is 5.91 Å². The zero-order valence-corrected chi connectivity index (χ0v) is 22.8. The number of carbonyl (C=O) groups excluding carboxylic acids is 1. The summed E-state index contributed by atoms with van der Waals surface area (Å²) in [5, 5.41) is 13.1. The van der Waals surface area contributed by atoms with E-state index in [9.17, 15) is 18.4 Å². The Labute approximate surface area is 229 Å². The van der Waals surface area contributed by atoms with E-state index in [0.717, 1.165) is 55.2 Å². The van der Waals surface area contributed by atoms with Gasteiger partial charge < -0.3 is 9.84 Å². The van der Waals surface area contributed by atoms with Crippen molar-refractivity contribution < 1.29 is 32.6 Å². The zero-order chi connectivity index (χ0) is 28.5. The molecule has 6 nitrogen and oxygen atoms in total. The smallest absolute Gasteiger partial charge is 0.331 e. The topological polar surface area (TPSA) is 88.5 Å². The Kier molecular flexibility index (Phi) is 10.8. The highest BCUT2D eigenvalue weighted by Crippen LogP contribution is 2.34. The molecule has 2 N–H and O–H groups in total. The molecule has 3 rings (SSSR count). The number of carboxylic acid groups (broad SMARTS) is 1. The van der Waals surface area contributed by atoms with Crippen LogP contribution in [0.3, 0.4) is 0 Å². The van der Waals surface area contributed by atoms with Crippen molar-refractivity contribution >= 4 is 34.4 Å². The Balaban J connectivity index is 1.81. The van der Waals surface area contributed by atoms with Crippen LogP contribution in [0.1, 0.15) is 80.5 Å². The number of benzene rings is 2. The van der Waals surface area contributed by atoms with E-state index in [1.165, 1.54) is 6.92 Å². The first-order chi connectivity index (χ1) is 18.7. The van der Waals surface area contributed by atoms with Gasteiger partial charge >= 0.3 is 5.97 Å². The molecule has 39 heavy (non-hydrogen) atoms. The molecule has 0 aliphatic carbocycles. The maximum absolute atomic E-state index is 15.6. The van der Waals surface area contributed by atoms with Crippen LogP contribution in [0, 0.1) is 17.5 Å². The summed E-state index contributed by atoms with van der Waals surface area (Å²) in [5.41, 5.74) is -0.127. The molecule has 0 fully saturated rings. The lowest BCUT2D eigenvalue weighted by molar-refractivity contribution is -0.132. The first-order valence-corrected chi connectivity index (χ1v) is 13.6. The highest BCUT2D eigenvalue weighted by molar-refractivity contribution is 7.14. The first kappa shape index (κ1) is 30.0. The molecule has 0 bridgehead atoms. The van der Waals surface area contributed by atoms with Crippen molar-refractivity contribution in [2.24, 2.45) is 0 Å². The molecule has 2 aromatic carbocycles. The zero-order valence-electron chi connectivity index (χ0n) is 22.0. The van der Waals surface area contributed by atoms with Crippen molar-refractivity contribution in [2.75, 3.05) is 11.9 Å². The van der Waals surface area contributed by atoms with Crippen LogP contribution >= 0.6 is 11.3 Å². The normalized spacial score (nSPS) is 12.4. The summed E-state index contributed by atoms with van der Waals surface area (Å²) in [5.74, 6) is -4.76. The van der Waals surface area contributed by atoms with Crippen molar-refractivity contribution in [3.63, 3.8) is 0 Å². The van der Waals surface area contributed by atoms with Gasteiger partial charge in [0.15, 0.2) is 5.13 Å². The molecular formula is C29H31F3N2O4S. The molecule has 0 radical (unpaired) electrons. The second kappa shape index (κ2) is 14.0. The molecule has 1 aromatic heterocycles. The number of amides is 1. The number of carboxylic acids is 1. The summed E-state index contributed by atoms with van der Waals surface area (Å²) in [4.78, 5) is 27.9. The summed E-state index contributed by atoms with van der Waals surface area (Å²) in [7, 11) is 0. The molecule has 208 valence electrons. The number of hydrogen-bond acceptors (Lipinski definition) is 5. The van der Waals surface area contributed by atoms with E-state index in [4.69, 9.17) is 9.84 Å². The van der Waals surface area contributed by atoms with Gasteiger partial charge in [-0.2, -0.15) is 0 Å². The molecule has 0 saturated heterocycles. The molecule has 1 amide bonds. The number of hydrogen-bond donors (Lipinski definition) is 2. The number of ether oxygens (including phenoxy) is 1. The van der Waals surface area contributed by atoms with Crippen LogP contribution in [0.5, 0.6) is 0 Å². The summed E-state index contributed by atoms with van der Waals surface area (Å²) in [6, 6.07) is 6.66. The average Bonchev–Trinajstić information content (AvgIpc) is 3.36. The van der Waals surface area contributed by atoms with Gasteiger partial charge in [-0.1, -0.05) is 45.2 Å². The third kappa shape index (κ3) is 7.77. The number of nitrogens with one attached hydrogen (secondary N) is 1. The summed E-state index contributed by atoms with van der Waals surface area (Å²) in [6.45, 7) is 5.87. The van der Waals surface area contributed by atoms with Crippen LogP contribution in [-0.2, 0) is 9.53 Å². The Morgan fingerprint density at radius 1 is 1.13 bits per heavy atom. The number of aromatic nitrogens is 1. The number of thiazole rings is 1. The van der Waals surface area contributed by atoms with E-state index >= 15 is 4.39 Å². The van der Waals surface area contributed by atoms with Crippen molar-refractivity contribution in [1.82, 2.24) is 4.98 Å². The van der Waals surface area contributed by atoms with Gasteiger partial charge in [-0.15, -0.1) is 11.3 Å². The number of halogens is 3. The fourth-order valence-electron chi connectivity index (χ4n) is 3.84. The Hall–Kier alpha value is -3.50. The molecule has 0 saturated carbocycles. The lowest BCUT2D eigenvalue weighted by Gasteiger charge is -2.20. The summed E-state index contributed by atoms with van der Waals surface area (Å²) < 4.78 is 50.5. The lowest BCUT2D eigenvalue weighted by Crippen LogP contribution is -2.13. The van der Waals surface area contributed by atoms with E-state index in [-0.39, 0.29) is 27.9 Å². The van der Waals surface area contributed by atoms with E-state index in [0.29, 0.717) is 24.3 Å². The first-order valence-electron chi connectivity index (χ1n) is 12.7. The standard InChI is InChI=1S/C29H31F3N2O4S/c1-4-6-11-25(38-12-7-5-2)20-10-8-9-19(26(20)32)24-16-39-29(33-24)34-27(35)18-14-22(30)21(23(31)15-18)13-17(3)28(36)37/h8-10,13-16,25H,4-7,11-12H2,1-3H3,(H,36,37)(H,33,34,35)/b17-13+. The van der Waals surface area contributed by atoms with Gasteiger partial charge in [-0.3, -0.25) is 10.1 Å². The third-order valence-electron chi connectivity index (χ3n) is 6.05. The Morgan fingerprint density at radius 2 is 1.82 bits per heavy atom. The highest BCUT2D eigenvalue weighted by atomic mass is 32.1. The molecule has 0 spiro atoms. The molecule has 0 aliphatic rings. The van der Waals surface area contributed by atoms with Gasteiger partial charge in [-0.05, 0) is 44.0 Å². The number of carbonyl (C=O) groups is 2. The molecule has 0 aliphatic heterocycles. The van der Waals surface area contributed by atoms with Gasteiger partial charge in [0.05, 0.1) is 11.8 Å². The predicted molar refractivity (Wildman–Crippen MR) is 146 cm³/mol. The van der Waals surface area contributed by atoms with Crippen molar-refractivity contribution in [2.45, 2.75) is 59.0 Å². The predicted octanol–water partition coefficient (Wildman–Crippen LogP) is 8.02. The average molecular weight is 561 g/mol. The Bertz CT molecular complexity index is 1330. The second-order valence-electron chi connectivity index (χ2n) is 9.04. The number of rotatable bonds is 13. The molecule has 1 unspecified atom stereocenters. The lowest BCUT2D eigenvalue weighted by atomic mass is 9.99. The number of aliphatic carboxylic acids is 1. The number of nitrogens with zero attached hydrogens (tertiary/aromatic N) is 1. The minimum absolute atomic E-state index is 0.119. The van der Waals surface area contributed by atoms with Crippen LogP contribution in [0.25, 0.3) is 17.3 Å². The second-order valence-corrected chi connectivity index (χ2v) is 9.90. The number of unbranched alkanes of at least 4 members (excludes halogenated alkanes) is 2. The van der Waals surface area contributed by atoms with Crippen LogP contribution in [-0.4, -0.2) is 28.6 Å². The Morgan fingerprint density at radius 3 is 2.46 bits per heavy atom. The van der Waals surface area contributed by atoms with Crippen molar-refractivity contribution in [1.29, 1.82) is 0 Å². The summed E-state index contributed by atoms with van der Waals surface area (Å²) in [6.07, 6.45) is 4.87. The SMILES string of the molecule is CCCCOC(CCCC)c1cccc(-c2csc(NC(=O)c3cc(F)c(/C=C(\C)C(=O)O)c(F)c3)n2)c1F. The minimum atomic E-state index is -1.32. The fourth-order valence-corrected chi connectivity index (χ4v) is 4.55. The van der Waals surface area contributed by atoms with Crippen LogP contribution in [0.2, 0.25) is 0 Å².